The summed E-state index contributed by atoms with van der Waals surface area (Å²) in [4.78, 5) is 27.1. The number of carbonyl (C=O) groups excluding carboxylic acids is 1. The number of benzene rings is 2. The summed E-state index contributed by atoms with van der Waals surface area (Å²) in [5.74, 6) is -0.444. The van der Waals surface area contributed by atoms with Crippen LogP contribution in [0.5, 0.6) is 0 Å². The molecule has 2 aromatic carbocycles. The SMILES string of the molecule is O=C(Nc1ccccc1)c1ccc(-c2ccc(Cl)cc2)[nH]c1=O. The smallest absolute Gasteiger partial charge is 0.261 e. The lowest BCUT2D eigenvalue weighted by atomic mass is 10.1. The van der Waals surface area contributed by atoms with Crippen LogP contribution in [0.15, 0.2) is 71.5 Å². The molecule has 2 N–H and O–H groups in total. The van der Waals surface area contributed by atoms with Crippen LogP contribution in [-0.4, -0.2) is 10.9 Å². The third-order valence-corrected chi connectivity index (χ3v) is 3.59. The van der Waals surface area contributed by atoms with Crippen LogP contribution in [0, 0.1) is 0 Å². The zero-order valence-electron chi connectivity index (χ0n) is 12.0. The van der Waals surface area contributed by atoms with Gasteiger partial charge < -0.3 is 10.3 Å². The number of hydrogen-bond acceptors (Lipinski definition) is 2. The van der Waals surface area contributed by atoms with Crippen molar-refractivity contribution in [3.8, 4) is 11.3 Å². The van der Waals surface area contributed by atoms with Gasteiger partial charge >= 0.3 is 0 Å². The van der Waals surface area contributed by atoms with Crippen LogP contribution in [0.2, 0.25) is 5.02 Å². The highest BCUT2D eigenvalue weighted by molar-refractivity contribution is 6.30. The van der Waals surface area contributed by atoms with E-state index in [1.54, 1.807) is 42.5 Å². The summed E-state index contributed by atoms with van der Waals surface area (Å²) in [7, 11) is 0. The van der Waals surface area contributed by atoms with E-state index in [0.29, 0.717) is 16.4 Å². The molecule has 3 rings (SSSR count). The standard InChI is InChI=1S/C18H13ClN2O2/c19-13-8-6-12(7-9-13)16-11-10-15(18(23)21-16)17(22)20-14-4-2-1-3-5-14/h1-11H,(H,20,22)(H,21,23). The molecule has 3 aromatic rings. The molecular weight excluding hydrogens is 312 g/mol. The molecule has 0 saturated heterocycles. The molecule has 0 bridgehead atoms. The quantitative estimate of drug-likeness (QED) is 0.766. The Hall–Kier alpha value is -2.85. The summed E-state index contributed by atoms with van der Waals surface area (Å²) < 4.78 is 0. The molecule has 114 valence electrons. The molecule has 1 amide bonds. The third-order valence-electron chi connectivity index (χ3n) is 3.34. The highest BCUT2D eigenvalue weighted by Crippen LogP contribution is 2.18. The van der Waals surface area contributed by atoms with Crippen molar-refractivity contribution in [1.29, 1.82) is 0 Å². The van der Waals surface area contributed by atoms with Crippen molar-refractivity contribution < 1.29 is 4.79 Å². The van der Waals surface area contributed by atoms with Crippen molar-refractivity contribution in [2.75, 3.05) is 5.32 Å². The predicted octanol–water partition coefficient (Wildman–Crippen LogP) is 3.95. The zero-order chi connectivity index (χ0) is 16.2. The number of amides is 1. The molecule has 0 spiro atoms. The number of rotatable bonds is 3. The molecule has 1 heterocycles. The number of aromatic nitrogens is 1. The van der Waals surface area contributed by atoms with E-state index in [9.17, 15) is 9.59 Å². The van der Waals surface area contributed by atoms with Crippen LogP contribution in [0.3, 0.4) is 0 Å². The normalized spacial score (nSPS) is 10.3. The fraction of sp³-hybridized carbons (Fsp3) is 0. The molecule has 0 radical (unpaired) electrons. The van der Waals surface area contributed by atoms with E-state index in [4.69, 9.17) is 11.6 Å². The van der Waals surface area contributed by atoms with Crippen LogP contribution in [-0.2, 0) is 0 Å². The van der Waals surface area contributed by atoms with Gasteiger partial charge in [-0.2, -0.15) is 0 Å². The number of hydrogen-bond donors (Lipinski definition) is 2. The van der Waals surface area contributed by atoms with Crippen LogP contribution >= 0.6 is 11.6 Å². The highest BCUT2D eigenvalue weighted by Gasteiger charge is 2.11. The molecule has 4 nitrogen and oxygen atoms in total. The summed E-state index contributed by atoms with van der Waals surface area (Å²) in [5.41, 5.74) is 1.71. The van der Waals surface area contributed by atoms with E-state index in [1.165, 1.54) is 6.07 Å². The minimum absolute atomic E-state index is 0.0616. The number of aromatic amines is 1. The van der Waals surface area contributed by atoms with Crippen molar-refractivity contribution >= 4 is 23.2 Å². The fourth-order valence-electron chi connectivity index (χ4n) is 2.17. The highest BCUT2D eigenvalue weighted by atomic mass is 35.5. The van der Waals surface area contributed by atoms with Gasteiger partial charge in [-0.1, -0.05) is 41.9 Å². The first-order valence-corrected chi connectivity index (χ1v) is 7.37. The van der Waals surface area contributed by atoms with Crippen molar-refractivity contribution in [2.45, 2.75) is 0 Å². The Bertz CT molecular complexity index is 887. The Morgan fingerprint density at radius 3 is 2.26 bits per heavy atom. The minimum atomic E-state index is -0.444. The van der Waals surface area contributed by atoms with Gasteiger partial charge in [0.15, 0.2) is 0 Å². The average Bonchev–Trinajstić information content (AvgIpc) is 2.56. The number of H-pyrrole nitrogens is 1. The number of carbonyl (C=O) groups is 1. The van der Waals surface area contributed by atoms with Crippen LogP contribution in [0.4, 0.5) is 5.69 Å². The molecule has 0 aliphatic heterocycles. The summed E-state index contributed by atoms with van der Waals surface area (Å²) >= 11 is 5.85. The third kappa shape index (κ3) is 3.49. The molecular formula is C18H13ClN2O2. The molecule has 5 heteroatoms. The average molecular weight is 325 g/mol. The number of halogens is 1. The molecule has 0 unspecified atom stereocenters. The largest absolute Gasteiger partial charge is 0.322 e. The van der Waals surface area contributed by atoms with Crippen LogP contribution < -0.4 is 10.9 Å². The number of anilines is 1. The molecule has 0 atom stereocenters. The maximum Gasteiger partial charge on any atom is 0.261 e. The molecule has 0 fully saturated rings. The Kier molecular flexibility index (Phi) is 4.26. The maximum atomic E-state index is 12.2. The summed E-state index contributed by atoms with van der Waals surface area (Å²) in [6.07, 6.45) is 0. The summed E-state index contributed by atoms with van der Waals surface area (Å²) in [6.45, 7) is 0. The first-order chi connectivity index (χ1) is 11.1. The van der Waals surface area contributed by atoms with Gasteiger partial charge in [0.2, 0.25) is 0 Å². The van der Waals surface area contributed by atoms with E-state index in [2.05, 4.69) is 10.3 Å². The maximum absolute atomic E-state index is 12.2. The molecule has 0 aliphatic carbocycles. The second kappa shape index (κ2) is 6.50. The zero-order valence-corrected chi connectivity index (χ0v) is 12.8. The van der Waals surface area contributed by atoms with Gasteiger partial charge in [0.1, 0.15) is 5.56 Å². The van der Waals surface area contributed by atoms with E-state index >= 15 is 0 Å². The van der Waals surface area contributed by atoms with E-state index < -0.39 is 11.5 Å². The van der Waals surface area contributed by atoms with Gasteiger partial charge in [-0.15, -0.1) is 0 Å². The van der Waals surface area contributed by atoms with Crippen molar-refractivity contribution in [3.05, 3.63) is 87.7 Å². The van der Waals surface area contributed by atoms with Gasteiger partial charge in [-0.05, 0) is 42.0 Å². The number of pyridine rings is 1. The summed E-state index contributed by atoms with van der Waals surface area (Å²) in [6, 6.07) is 19.3. The van der Waals surface area contributed by atoms with Gasteiger partial charge in [0, 0.05) is 16.4 Å². The van der Waals surface area contributed by atoms with Gasteiger partial charge in [0.05, 0.1) is 0 Å². The van der Waals surface area contributed by atoms with Crippen molar-refractivity contribution in [3.63, 3.8) is 0 Å². The number of para-hydroxylation sites is 1. The van der Waals surface area contributed by atoms with Crippen LogP contribution in [0.25, 0.3) is 11.3 Å². The van der Waals surface area contributed by atoms with Crippen molar-refractivity contribution in [1.82, 2.24) is 4.98 Å². The second-order valence-corrected chi connectivity index (χ2v) is 5.38. The molecule has 0 saturated carbocycles. The van der Waals surface area contributed by atoms with E-state index in [-0.39, 0.29) is 5.56 Å². The Balaban J connectivity index is 1.86. The van der Waals surface area contributed by atoms with Crippen molar-refractivity contribution in [2.24, 2.45) is 0 Å². The Labute approximate surface area is 137 Å². The van der Waals surface area contributed by atoms with Crippen LogP contribution in [0.1, 0.15) is 10.4 Å². The summed E-state index contributed by atoms with van der Waals surface area (Å²) in [5, 5.41) is 3.31. The van der Waals surface area contributed by atoms with Gasteiger partial charge in [-0.3, -0.25) is 9.59 Å². The topological polar surface area (TPSA) is 62.0 Å². The lowest BCUT2D eigenvalue weighted by Gasteiger charge is -2.06. The Morgan fingerprint density at radius 2 is 1.61 bits per heavy atom. The lowest BCUT2D eigenvalue weighted by Crippen LogP contribution is -2.23. The molecule has 1 aromatic heterocycles. The first-order valence-electron chi connectivity index (χ1n) is 6.99. The van der Waals surface area contributed by atoms with E-state index in [0.717, 1.165) is 5.56 Å². The van der Waals surface area contributed by atoms with E-state index in [1.807, 2.05) is 18.2 Å². The van der Waals surface area contributed by atoms with Gasteiger partial charge in [-0.25, -0.2) is 0 Å². The first kappa shape index (κ1) is 15.1. The molecule has 23 heavy (non-hydrogen) atoms. The fourth-order valence-corrected chi connectivity index (χ4v) is 2.30. The minimum Gasteiger partial charge on any atom is -0.322 e. The van der Waals surface area contributed by atoms with Gasteiger partial charge in [0.25, 0.3) is 11.5 Å². The monoisotopic (exact) mass is 324 g/mol. The lowest BCUT2D eigenvalue weighted by molar-refractivity contribution is 0.102. The Morgan fingerprint density at radius 1 is 0.913 bits per heavy atom. The number of nitrogens with one attached hydrogen (secondary N) is 2. The molecule has 0 aliphatic rings. The second-order valence-electron chi connectivity index (χ2n) is 4.94. The predicted molar refractivity (Wildman–Crippen MR) is 91.9 cm³/mol.